The molecule has 2 saturated heterocycles. The molecule has 23 heavy (non-hydrogen) atoms. The summed E-state index contributed by atoms with van der Waals surface area (Å²) in [5.74, 6) is -0.137. The minimum atomic E-state index is -3.59. The summed E-state index contributed by atoms with van der Waals surface area (Å²) in [6.45, 7) is 1.87. The Bertz CT molecular complexity index is 676. The van der Waals surface area contributed by atoms with Gasteiger partial charge in [-0.2, -0.15) is 17.4 Å². The van der Waals surface area contributed by atoms with Crippen LogP contribution in [-0.4, -0.2) is 62.1 Å². The van der Waals surface area contributed by atoms with E-state index in [1.807, 2.05) is 0 Å². The van der Waals surface area contributed by atoms with E-state index in [4.69, 9.17) is 4.74 Å². The van der Waals surface area contributed by atoms with Crippen LogP contribution in [0.4, 0.5) is 0 Å². The van der Waals surface area contributed by atoms with Gasteiger partial charge in [0.1, 0.15) is 11.5 Å². The largest absolute Gasteiger partial charge is 0.464 e. The van der Waals surface area contributed by atoms with E-state index in [2.05, 4.69) is 19.4 Å². The van der Waals surface area contributed by atoms with Crippen LogP contribution in [0.5, 0.6) is 0 Å². The molecule has 0 aromatic carbocycles. The second kappa shape index (κ2) is 6.19. The van der Waals surface area contributed by atoms with Crippen LogP contribution in [0.2, 0.25) is 0 Å². The number of esters is 1. The third-order valence-electron chi connectivity index (χ3n) is 4.26. The molecule has 10 heteroatoms. The van der Waals surface area contributed by atoms with E-state index in [9.17, 15) is 13.2 Å². The Morgan fingerprint density at radius 2 is 2.13 bits per heavy atom. The van der Waals surface area contributed by atoms with Gasteiger partial charge in [-0.15, -0.1) is 0 Å². The van der Waals surface area contributed by atoms with Gasteiger partial charge in [-0.1, -0.05) is 0 Å². The zero-order valence-electron chi connectivity index (χ0n) is 12.9. The molecule has 0 amide bonds. The van der Waals surface area contributed by atoms with Crippen LogP contribution in [0.15, 0.2) is 6.20 Å². The Kier molecular flexibility index (Phi) is 4.41. The molecule has 0 unspecified atom stereocenters. The highest BCUT2D eigenvalue weighted by Crippen LogP contribution is 2.32. The van der Waals surface area contributed by atoms with E-state index in [1.165, 1.54) is 17.6 Å². The molecule has 3 heterocycles. The van der Waals surface area contributed by atoms with E-state index in [-0.39, 0.29) is 5.69 Å². The lowest BCUT2D eigenvalue weighted by Crippen LogP contribution is -2.57. The number of ether oxygens (including phenoxy) is 2. The first-order chi connectivity index (χ1) is 11.0. The van der Waals surface area contributed by atoms with Crippen LogP contribution in [0.1, 0.15) is 35.6 Å². The fraction of sp³-hybridized carbons (Fsp3) is 0.692. The summed E-state index contributed by atoms with van der Waals surface area (Å²) < 4.78 is 39.2. The molecule has 0 saturated carbocycles. The first-order valence-electron chi connectivity index (χ1n) is 7.47. The van der Waals surface area contributed by atoms with Crippen molar-refractivity contribution in [3.63, 3.8) is 0 Å². The Morgan fingerprint density at radius 1 is 1.43 bits per heavy atom. The van der Waals surface area contributed by atoms with Crippen molar-refractivity contribution in [3.05, 3.63) is 17.7 Å². The van der Waals surface area contributed by atoms with Gasteiger partial charge in [0.05, 0.1) is 18.8 Å². The zero-order valence-corrected chi connectivity index (χ0v) is 13.7. The van der Waals surface area contributed by atoms with E-state index in [0.29, 0.717) is 45.0 Å². The molecular weight excluding hydrogens is 324 g/mol. The number of methoxy groups -OCH3 is 1. The van der Waals surface area contributed by atoms with Gasteiger partial charge in [-0.3, -0.25) is 0 Å². The first-order valence-corrected chi connectivity index (χ1v) is 8.91. The summed E-state index contributed by atoms with van der Waals surface area (Å²) in [5, 5.41) is 0. The molecule has 2 aliphatic rings. The Hall–Kier alpha value is -1.49. The number of aromatic amines is 1. The van der Waals surface area contributed by atoms with Crippen molar-refractivity contribution in [3.8, 4) is 0 Å². The molecule has 0 spiro atoms. The SMILES string of the molecule is COC(=O)c1cnc(C2(NS(=O)(=O)N3CCC3)CCOCC2)[nH]1. The van der Waals surface area contributed by atoms with Crippen molar-refractivity contribution in [1.29, 1.82) is 0 Å². The molecule has 2 aliphatic heterocycles. The number of hydrogen-bond donors (Lipinski definition) is 2. The molecule has 3 rings (SSSR count). The number of rotatable bonds is 5. The lowest BCUT2D eigenvalue weighted by molar-refractivity contribution is 0.0418. The van der Waals surface area contributed by atoms with E-state index >= 15 is 0 Å². The van der Waals surface area contributed by atoms with Crippen LogP contribution in [0.25, 0.3) is 0 Å². The predicted octanol–water partition coefficient (Wildman–Crippen LogP) is -0.258. The summed E-state index contributed by atoms with van der Waals surface area (Å²) in [4.78, 5) is 18.7. The third-order valence-corrected chi connectivity index (χ3v) is 5.95. The van der Waals surface area contributed by atoms with Gasteiger partial charge in [0.15, 0.2) is 0 Å². The summed E-state index contributed by atoms with van der Waals surface area (Å²) in [7, 11) is -2.32. The summed E-state index contributed by atoms with van der Waals surface area (Å²) in [6.07, 6.45) is 3.10. The molecule has 9 nitrogen and oxygen atoms in total. The van der Waals surface area contributed by atoms with Crippen molar-refractivity contribution in [2.75, 3.05) is 33.4 Å². The quantitative estimate of drug-likeness (QED) is 0.712. The average molecular weight is 344 g/mol. The number of nitrogens with zero attached hydrogens (tertiary/aromatic N) is 2. The maximum absolute atomic E-state index is 12.5. The second-order valence-electron chi connectivity index (χ2n) is 5.69. The molecule has 2 fully saturated rings. The van der Waals surface area contributed by atoms with Crippen LogP contribution >= 0.6 is 0 Å². The maximum Gasteiger partial charge on any atom is 0.356 e. The Morgan fingerprint density at radius 3 is 2.70 bits per heavy atom. The molecular formula is C13H20N4O5S. The number of hydrogen-bond acceptors (Lipinski definition) is 6. The normalized spacial score (nSPS) is 21.6. The molecule has 0 bridgehead atoms. The van der Waals surface area contributed by atoms with Gasteiger partial charge in [0.25, 0.3) is 10.2 Å². The van der Waals surface area contributed by atoms with Crippen molar-refractivity contribution >= 4 is 16.2 Å². The molecule has 128 valence electrons. The van der Waals surface area contributed by atoms with E-state index < -0.39 is 21.7 Å². The molecule has 0 aliphatic carbocycles. The number of nitrogens with one attached hydrogen (secondary N) is 2. The smallest absolute Gasteiger partial charge is 0.356 e. The highest BCUT2D eigenvalue weighted by atomic mass is 32.2. The standard InChI is InChI=1S/C13H20N4O5S/c1-21-11(18)10-9-14-12(15-10)13(3-7-22-8-4-13)16-23(19,20)17-5-2-6-17/h9,16H,2-8H2,1H3,(H,14,15). The van der Waals surface area contributed by atoms with Gasteiger partial charge in [0, 0.05) is 26.3 Å². The Labute approximate surface area is 134 Å². The third kappa shape index (κ3) is 3.11. The monoisotopic (exact) mass is 344 g/mol. The fourth-order valence-corrected chi connectivity index (χ4v) is 4.39. The van der Waals surface area contributed by atoms with Gasteiger partial charge >= 0.3 is 5.97 Å². The summed E-state index contributed by atoms with van der Waals surface area (Å²) in [6, 6.07) is 0. The number of carbonyl (C=O) groups excluding carboxylic acids is 1. The number of imidazole rings is 1. The van der Waals surface area contributed by atoms with Crippen molar-refractivity contribution in [2.24, 2.45) is 0 Å². The number of carbonyl (C=O) groups is 1. The minimum Gasteiger partial charge on any atom is -0.464 e. The van der Waals surface area contributed by atoms with E-state index in [1.54, 1.807) is 0 Å². The van der Waals surface area contributed by atoms with Crippen molar-refractivity contribution in [2.45, 2.75) is 24.8 Å². The lowest BCUT2D eigenvalue weighted by atomic mass is 9.90. The second-order valence-corrected chi connectivity index (χ2v) is 7.36. The zero-order chi connectivity index (χ0) is 16.5. The molecule has 2 N–H and O–H groups in total. The molecule has 0 atom stereocenters. The van der Waals surface area contributed by atoms with Gasteiger partial charge in [0.2, 0.25) is 0 Å². The number of aromatic nitrogens is 2. The summed E-state index contributed by atoms with van der Waals surface area (Å²) >= 11 is 0. The highest BCUT2D eigenvalue weighted by Gasteiger charge is 2.43. The van der Waals surface area contributed by atoms with Crippen molar-refractivity contribution < 1.29 is 22.7 Å². The predicted molar refractivity (Wildman–Crippen MR) is 79.9 cm³/mol. The maximum atomic E-state index is 12.5. The molecule has 0 radical (unpaired) electrons. The highest BCUT2D eigenvalue weighted by molar-refractivity contribution is 7.87. The van der Waals surface area contributed by atoms with Crippen LogP contribution in [0, 0.1) is 0 Å². The summed E-state index contributed by atoms with van der Waals surface area (Å²) in [5.41, 5.74) is -0.713. The lowest BCUT2D eigenvalue weighted by Gasteiger charge is -2.39. The van der Waals surface area contributed by atoms with Crippen LogP contribution in [0.3, 0.4) is 0 Å². The first kappa shape index (κ1) is 16.4. The van der Waals surface area contributed by atoms with Gasteiger partial charge in [-0.05, 0) is 19.3 Å². The average Bonchev–Trinajstić information content (AvgIpc) is 2.95. The minimum absolute atomic E-state index is 0.191. The Balaban J connectivity index is 1.90. The number of H-pyrrole nitrogens is 1. The van der Waals surface area contributed by atoms with E-state index in [0.717, 1.165) is 6.42 Å². The molecule has 1 aromatic heterocycles. The van der Waals surface area contributed by atoms with Crippen LogP contribution < -0.4 is 4.72 Å². The van der Waals surface area contributed by atoms with Crippen LogP contribution in [-0.2, 0) is 25.2 Å². The van der Waals surface area contributed by atoms with Gasteiger partial charge in [-0.25, -0.2) is 9.78 Å². The van der Waals surface area contributed by atoms with Gasteiger partial charge < -0.3 is 14.5 Å². The topological polar surface area (TPSA) is 114 Å². The fourth-order valence-electron chi connectivity index (χ4n) is 2.72. The van der Waals surface area contributed by atoms with Crippen molar-refractivity contribution in [1.82, 2.24) is 19.0 Å². The molecule has 1 aromatic rings.